The smallest absolute Gasteiger partial charge is 0.257 e. The van der Waals surface area contributed by atoms with Crippen molar-refractivity contribution in [3.8, 4) is 5.75 Å². The van der Waals surface area contributed by atoms with Gasteiger partial charge in [0, 0.05) is 11.2 Å². The van der Waals surface area contributed by atoms with Gasteiger partial charge in [-0.05, 0) is 48.5 Å². The van der Waals surface area contributed by atoms with Gasteiger partial charge in [-0.25, -0.2) is 13.1 Å². The molecule has 0 aliphatic carbocycles. The topological polar surface area (TPSA) is 97.4 Å². The fourth-order valence-corrected chi connectivity index (χ4v) is 4.09. The van der Waals surface area contributed by atoms with Crippen LogP contribution in [0.1, 0.15) is 16.1 Å². The number of hydrogen-bond donors (Lipinski definition) is 2. The van der Waals surface area contributed by atoms with Gasteiger partial charge in [0.2, 0.25) is 10.0 Å². The molecule has 0 spiro atoms. The summed E-state index contributed by atoms with van der Waals surface area (Å²) >= 11 is 11.9. The normalized spacial score (nSPS) is 11.2. The first-order chi connectivity index (χ1) is 14.3. The Balaban J connectivity index is 1.84. The molecule has 0 aliphatic rings. The predicted octanol–water partition coefficient (Wildman–Crippen LogP) is 4.13. The van der Waals surface area contributed by atoms with Crippen molar-refractivity contribution in [2.75, 3.05) is 12.4 Å². The van der Waals surface area contributed by atoms with Gasteiger partial charge >= 0.3 is 0 Å². The average molecular weight is 466 g/mol. The fourth-order valence-electron chi connectivity index (χ4n) is 2.57. The van der Waals surface area contributed by atoms with Gasteiger partial charge in [0.05, 0.1) is 40.5 Å². The second-order valence-corrected chi connectivity index (χ2v) is 8.70. The molecule has 0 saturated heterocycles. The van der Waals surface area contributed by atoms with Gasteiger partial charge in [-0.15, -0.1) is 0 Å². The Morgan fingerprint density at radius 1 is 1.10 bits per heavy atom. The zero-order chi connectivity index (χ0) is 21.7. The molecule has 3 aromatic rings. The van der Waals surface area contributed by atoms with Crippen LogP contribution in [0, 0.1) is 0 Å². The van der Waals surface area contributed by atoms with Crippen LogP contribution in [0.3, 0.4) is 0 Å². The largest absolute Gasteiger partial charge is 0.495 e. The molecule has 0 saturated carbocycles. The van der Waals surface area contributed by atoms with E-state index in [0.717, 1.165) is 0 Å². The van der Waals surface area contributed by atoms with Gasteiger partial charge in [0.1, 0.15) is 5.75 Å². The van der Waals surface area contributed by atoms with Crippen molar-refractivity contribution in [3.63, 3.8) is 0 Å². The lowest BCUT2D eigenvalue weighted by atomic mass is 10.2. The summed E-state index contributed by atoms with van der Waals surface area (Å²) in [5, 5.41) is 3.18. The van der Waals surface area contributed by atoms with Gasteiger partial charge < -0.3 is 10.1 Å². The van der Waals surface area contributed by atoms with Crippen LogP contribution in [-0.4, -0.2) is 26.4 Å². The lowest BCUT2D eigenvalue weighted by molar-refractivity contribution is 0.102. The first-order valence-electron chi connectivity index (χ1n) is 8.64. The number of halogens is 2. The minimum Gasteiger partial charge on any atom is -0.495 e. The van der Waals surface area contributed by atoms with Crippen LogP contribution in [0.4, 0.5) is 5.69 Å². The van der Waals surface area contributed by atoms with Crippen LogP contribution in [0.2, 0.25) is 10.0 Å². The number of anilines is 1. The third kappa shape index (κ3) is 5.28. The number of ether oxygens (including phenoxy) is 1. The van der Waals surface area contributed by atoms with E-state index < -0.39 is 15.9 Å². The first-order valence-corrected chi connectivity index (χ1v) is 10.9. The summed E-state index contributed by atoms with van der Waals surface area (Å²) in [7, 11) is -2.45. The van der Waals surface area contributed by atoms with Crippen LogP contribution in [0.25, 0.3) is 0 Å². The Morgan fingerprint density at radius 2 is 1.90 bits per heavy atom. The van der Waals surface area contributed by atoms with E-state index in [1.807, 2.05) is 0 Å². The number of carbonyl (C=O) groups is 1. The number of carbonyl (C=O) groups excluding carboxylic acids is 1. The molecule has 0 bridgehead atoms. The van der Waals surface area contributed by atoms with Gasteiger partial charge in [0.15, 0.2) is 0 Å². The number of sulfonamides is 1. The number of amides is 1. The third-order valence-electron chi connectivity index (χ3n) is 4.07. The Hall–Kier alpha value is -2.65. The van der Waals surface area contributed by atoms with E-state index >= 15 is 0 Å². The average Bonchev–Trinajstić information content (AvgIpc) is 2.73. The van der Waals surface area contributed by atoms with E-state index in [9.17, 15) is 13.2 Å². The van der Waals surface area contributed by atoms with E-state index in [1.165, 1.54) is 43.5 Å². The maximum Gasteiger partial charge on any atom is 0.257 e. The molecule has 30 heavy (non-hydrogen) atoms. The number of nitrogens with zero attached hydrogens (tertiary/aromatic N) is 1. The standard InChI is InChI=1S/C20H17Cl2N3O4S/c1-29-19-8-6-15(30(27,28)24-12-14-4-2-3-9-23-14)11-18(19)25-20(26)16-7-5-13(21)10-17(16)22/h2-11,24H,12H2,1H3,(H,25,26). The Kier molecular flexibility index (Phi) is 6.94. The highest BCUT2D eigenvalue weighted by atomic mass is 35.5. The van der Waals surface area contributed by atoms with Crippen molar-refractivity contribution >= 4 is 44.8 Å². The van der Waals surface area contributed by atoms with Crippen molar-refractivity contribution < 1.29 is 17.9 Å². The molecule has 156 valence electrons. The van der Waals surface area contributed by atoms with Gasteiger partial charge in [-0.3, -0.25) is 9.78 Å². The number of methoxy groups -OCH3 is 1. The minimum absolute atomic E-state index is 0.0251. The van der Waals surface area contributed by atoms with Crippen LogP contribution in [-0.2, 0) is 16.6 Å². The second-order valence-electron chi connectivity index (χ2n) is 6.09. The Bertz CT molecular complexity index is 1170. The number of hydrogen-bond acceptors (Lipinski definition) is 5. The van der Waals surface area contributed by atoms with Crippen molar-refractivity contribution in [1.29, 1.82) is 0 Å². The van der Waals surface area contributed by atoms with E-state index in [1.54, 1.807) is 24.4 Å². The molecule has 0 atom stereocenters. The lowest BCUT2D eigenvalue weighted by Crippen LogP contribution is -2.24. The molecule has 0 aliphatic heterocycles. The summed E-state index contributed by atoms with van der Waals surface area (Å²) in [5.41, 5.74) is 0.930. The molecule has 1 amide bonds. The molecule has 7 nitrogen and oxygen atoms in total. The number of aromatic nitrogens is 1. The monoisotopic (exact) mass is 465 g/mol. The maximum atomic E-state index is 12.7. The quantitative estimate of drug-likeness (QED) is 0.546. The van der Waals surface area contributed by atoms with Crippen LogP contribution < -0.4 is 14.8 Å². The fraction of sp³-hybridized carbons (Fsp3) is 0.100. The summed E-state index contributed by atoms with van der Waals surface area (Å²) in [6, 6.07) is 13.8. The Morgan fingerprint density at radius 3 is 2.57 bits per heavy atom. The molecule has 2 aromatic carbocycles. The zero-order valence-corrected chi connectivity index (χ0v) is 18.1. The maximum absolute atomic E-state index is 12.7. The van der Waals surface area contributed by atoms with Gasteiger partial charge in [0.25, 0.3) is 5.91 Å². The summed E-state index contributed by atoms with van der Waals surface area (Å²) in [6.45, 7) is 0.0251. The van der Waals surface area contributed by atoms with Crippen molar-refractivity contribution in [1.82, 2.24) is 9.71 Å². The van der Waals surface area contributed by atoms with Gasteiger partial charge in [-0.2, -0.15) is 0 Å². The first kappa shape index (κ1) is 22.0. The van der Waals surface area contributed by atoms with E-state index in [4.69, 9.17) is 27.9 Å². The number of pyridine rings is 1. The number of rotatable bonds is 7. The lowest BCUT2D eigenvalue weighted by Gasteiger charge is -2.13. The highest BCUT2D eigenvalue weighted by Gasteiger charge is 2.19. The summed E-state index contributed by atoms with van der Waals surface area (Å²) in [5.74, 6) is -0.247. The van der Waals surface area contributed by atoms with Gasteiger partial charge in [-0.1, -0.05) is 29.3 Å². The number of nitrogens with one attached hydrogen (secondary N) is 2. The SMILES string of the molecule is COc1ccc(S(=O)(=O)NCc2ccccn2)cc1NC(=O)c1ccc(Cl)cc1Cl. The van der Waals surface area contributed by atoms with Crippen LogP contribution in [0.15, 0.2) is 65.7 Å². The molecule has 3 rings (SSSR count). The molecular weight excluding hydrogens is 449 g/mol. The summed E-state index contributed by atoms with van der Waals surface area (Å²) in [6.07, 6.45) is 1.58. The summed E-state index contributed by atoms with van der Waals surface area (Å²) in [4.78, 5) is 16.7. The molecular formula is C20H17Cl2N3O4S. The van der Waals surface area contributed by atoms with E-state index in [0.29, 0.717) is 10.7 Å². The minimum atomic E-state index is -3.86. The molecule has 10 heteroatoms. The Labute approximate surface area is 184 Å². The highest BCUT2D eigenvalue weighted by molar-refractivity contribution is 7.89. The zero-order valence-electron chi connectivity index (χ0n) is 15.7. The van der Waals surface area contributed by atoms with Crippen molar-refractivity contribution in [2.45, 2.75) is 11.4 Å². The van der Waals surface area contributed by atoms with Crippen molar-refractivity contribution in [3.05, 3.63) is 82.1 Å². The number of benzene rings is 2. The van der Waals surface area contributed by atoms with E-state index in [2.05, 4.69) is 15.0 Å². The van der Waals surface area contributed by atoms with Crippen LogP contribution >= 0.6 is 23.2 Å². The molecule has 1 heterocycles. The third-order valence-corrected chi connectivity index (χ3v) is 6.02. The predicted molar refractivity (Wildman–Crippen MR) is 116 cm³/mol. The molecule has 0 radical (unpaired) electrons. The van der Waals surface area contributed by atoms with E-state index in [-0.39, 0.29) is 33.5 Å². The second kappa shape index (κ2) is 9.44. The van der Waals surface area contributed by atoms with Crippen molar-refractivity contribution in [2.24, 2.45) is 0 Å². The van der Waals surface area contributed by atoms with Crippen LogP contribution in [0.5, 0.6) is 5.75 Å². The molecule has 0 unspecified atom stereocenters. The molecule has 1 aromatic heterocycles. The molecule has 2 N–H and O–H groups in total. The summed E-state index contributed by atoms with van der Waals surface area (Å²) < 4.78 is 33.1. The molecule has 0 fully saturated rings. The highest BCUT2D eigenvalue weighted by Crippen LogP contribution is 2.29.